The largest absolute Gasteiger partial charge is 0.453 e. The smallest absolute Gasteiger partial charge is 0.282 e. The quantitative estimate of drug-likeness (QED) is 0.249. The van der Waals surface area contributed by atoms with E-state index in [9.17, 15) is 4.79 Å². The number of aromatic nitrogens is 4. The second kappa shape index (κ2) is 8.73. The van der Waals surface area contributed by atoms with Gasteiger partial charge in [0.2, 0.25) is 5.82 Å². The zero-order valence-electron chi connectivity index (χ0n) is 19.5. The third-order valence-electron chi connectivity index (χ3n) is 6.16. The van der Waals surface area contributed by atoms with Crippen LogP contribution in [0.2, 0.25) is 0 Å². The lowest BCUT2D eigenvalue weighted by Gasteiger charge is -2.09. The summed E-state index contributed by atoms with van der Waals surface area (Å²) in [5.74, 6) is 0.801. The number of pyridine rings is 1. The third kappa shape index (κ3) is 3.76. The van der Waals surface area contributed by atoms with E-state index in [1.54, 1.807) is 24.7 Å². The van der Waals surface area contributed by atoms with Gasteiger partial charge >= 0.3 is 0 Å². The van der Waals surface area contributed by atoms with Crippen molar-refractivity contribution in [2.45, 2.75) is 13.8 Å². The first kappa shape index (κ1) is 22.2. The average Bonchev–Trinajstić information content (AvgIpc) is 3.43. The number of halogens is 1. The molecule has 6 rings (SSSR count). The van der Waals surface area contributed by atoms with E-state index in [0.717, 1.165) is 32.5 Å². The molecule has 0 saturated carbocycles. The van der Waals surface area contributed by atoms with E-state index in [-0.39, 0.29) is 5.56 Å². The molecule has 0 unspecified atom stereocenters. The molecule has 7 nitrogen and oxygen atoms in total. The molecule has 0 aliphatic heterocycles. The molecule has 4 heterocycles. The molecule has 0 spiro atoms. The van der Waals surface area contributed by atoms with Crippen LogP contribution in [-0.4, -0.2) is 25.4 Å². The summed E-state index contributed by atoms with van der Waals surface area (Å²) in [6.45, 7) is 4.06. The average molecular weight is 538 g/mol. The molecule has 0 aliphatic carbocycles. The summed E-state index contributed by atoms with van der Waals surface area (Å²) in [5.41, 5.74) is 4.97. The second-order valence-electron chi connectivity index (χ2n) is 8.47. The highest BCUT2D eigenvalue weighted by Gasteiger charge is 2.17. The first-order valence-corrected chi connectivity index (χ1v) is 12.1. The van der Waals surface area contributed by atoms with E-state index < -0.39 is 0 Å². The van der Waals surface area contributed by atoms with Crippen LogP contribution >= 0.6 is 15.9 Å². The normalized spacial score (nSPS) is 11.8. The van der Waals surface area contributed by atoms with Crippen molar-refractivity contribution in [3.63, 3.8) is 0 Å². The minimum absolute atomic E-state index is 0.267. The van der Waals surface area contributed by atoms with E-state index >= 15 is 0 Å². The molecule has 0 bridgehead atoms. The Bertz CT molecular complexity index is 1850. The summed E-state index contributed by atoms with van der Waals surface area (Å²) in [4.78, 5) is 22.4. The van der Waals surface area contributed by atoms with Crippen molar-refractivity contribution in [3.8, 4) is 17.3 Å². The number of hydrogen-bond donors (Lipinski definition) is 0. The molecule has 0 fully saturated rings. The molecule has 8 heteroatoms. The van der Waals surface area contributed by atoms with Gasteiger partial charge in [-0.05, 0) is 68.4 Å². The summed E-state index contributed by atoms with van der Waals surface area (Å²) >= 11 is 3.50. The number of nitrogens with zero attached hydrogens (tertiary/aromatic N) is 5. The highest BCUT2D eigenvalue weighted by atomic mass is 79.9. The number of hydrogen-bond acceptors (Lipinski definition) is 5. The number of furan rings is 1. The molecule has 0 N–H and O–H groups in total. The van der Waals surface area contributed by atoms with Crippen LogP contribution < -0.4 is 5.56 Å². The van der Waals surface area contributed by atoms with Crippen LogP contribution in [-0.2, 0) is 0 Å². The highest BCUT2D eigenvalue weighted by Crippen LogP contribution is 2.29. The molecule has 4 aromatic heterocycles. The lowest BCUT2D eigenvalue weighted by Crippen LogP contribution is -2.20. The van der Waals surface area contributed by atoms with E-state index in [1.165, 1.54) is 4.68 Å². The number of fused-ring (bicyclic) bond motifs is 2. The lowest BCUT2D eigenvalue weighted by molar-refractivity contribution is 0.616. The van der Waals surface area contributed by atoms with Gasteiger partial charge in [-0.25, -0.2) is 4.98 Å². The van der Waals surface area contributed by atoms with E-state index in [4.69, 9.17) is 9.40 Å². The summed E-state index contributed by atoms with van der Waals surface area (Å²) < 4.78 is 10.5. The van der Waals surface area contributed by atoms with E-state index in [1.807, 2.05) is 74.5 Å². The maximum Gasteiger partial charge on any atom is 0.282 e. The van der Waals surface area contributed by atoms with Gasteiger partial charge in [0.05, 0.1) is 17.1 Å². The zero-order valence-corrected chi connectivity index (χ0v) is 21.1. The van der Waals surface area contributed by atoms with Gasteiger partial charge in [0.15, 0.2) is 5.76 Å². The molecule has 176 valence electrons. The monoisotopic (exact) mass is 537 g/mol. The maximum absolute atomic E-state index is 13.5. The number of para-hydroxylation sites is 1. The topological polar surface area (TPSA) is 78.2 Å². The van der Waals surface area contributed by atoms with Crippen molar-refractivity contribution < 1.29 is 4.42 Å². The maximum atomic E-state index is 13.5. The Labute approximate surface area is 214 Å². The molecule has 2 aromatic carbocycles. The lowest BCUT2D eigenvalue weighted by atomic mass is 10.2. The Morgan fingerprint density at radius 2 is 1.81 bits per heavy atom. The fourth-order valence-electron chi connectivity index (χ4n) is 4.44. The van der Waals surface area contributed by atoms with Crippen molar-refractivity contribution in [2.24, 2.45) is 5.10 Å². The molecule has 6 aromatic rings. The minimum atomic E-state index is -0.267. The van der Waals surface area contributed by atoms with Crippen molar-refractivity contribution >= 4 is 44.0 Å². The Balaban J connectivity index is 1.53. The third-order valence-corrected chi connectivity index (χ3v) is 6.65. The fraction of sp³-hybridized carbons (Fsp3) is 0.0714. The standard InChI is InChI=1S/C28H20BrN5O2/c1-17-13-20(18(2)33(17)22-9-11-30-12-10-22)16-31-34-27(32-24-6-4-3-5-23(24)28(34)35)26-15-19-14-21(29)7-8-25(19)36-26/h3-16H,1-2H3. The Hall–Kier alpha value is -4.30. The van der Waals surface area contributed by atoms with E-state index in [2.05, 4.69) is 30.6 Å². The molecule has 0 amide bonds. The molecule has 0 aliphatic rings. The van der Waals surface area contributed by atoms with Crippen molar-refractivity contribution in [1.29, 1.82) is 0 Å². The number of aryl methyl sites for hydroxylation is 1. The van der Waals surface area contributed by atoms with Crippen molar-refractivity contribution in [2.75, 3.05) is 0 Å². The molecule has 0 atom stereocenters. The molecular formula is C28H20BrN5O2. The first-order chi connectivity index (χ1) is 17.5. The summed E-state index contributed by atoms with van der Waals surface area (Å²) in [6.07, 6.45) is 5.22. The van der Waals surface area contributed by atoms with Crippen LogP contribution in [0.4, 0.5) is 0 Å². The van der Waals surface area contributed by atoms with Crippen molar-refractivity contribution in [1.82, 2.24) is 19.2 Å². The SMILES string of the molecule is Cc1cc(C=Nn2c(-c3cc4cc(Br)ccc4o3)nc3ccccc3c2=O)c(C)n1-c1ccncc1. The molecule has 36 heavy (non-hydrogen) atoms. The van der Waals surface area contributed by atoms with Gasteiger partial charge < -0.3 is 8.98 Å². The molecular weight excluding hydrogens is 518 g/mol. The number of benzene rings is 2. The predicted octanol–water partition coefficient (Wildman–Crippen LogP) is 6.26. The van der Waals surface area contributed by atoms with Crippen molar-refractivity contribution in [3.05, 3.63) is 111 Å². The first-order valence-electron chi connectivity index (χ1n) is 11.3. The summed E-state index contributed by atoms with van der Waals surface area (Å²) in [5, 5.41) is 6.01. The Morgan fingerprint density at radius 3 is 2.64 bits per heavy atom. The van der Waals surface area contributed by atoms with Crippen LogP contribution in [0.5, 0.6) is 0 Å². The van der Waals surface area contributed by atoms with Gasteiger partial charge in [-0.15, -0.1) is 0 Å². The van der Waals surface area contributed by atoms with Crippen LogP contribution in [0, 0.1) is 13.8 Å². The predicted molar refractivity (Wildman–Crippen MR) is 145 cm³/mol. The fourth-order valence-corrected chi connectivity index (χ4v) is 4.82. The van der Waals surface area contributed by atoms with Gasteiger partial charge in [-0.3, -0.25) is 9.78 Å². The highest BCUT2D eigenvalue weighted by molar-refractivity contribution is 9.10. The minimum Gasteiger partial charge on any atom is -0.453 e. The molecule has 0 radical (unpaired) electrons. The zero-order chi connectivity index (χ0) is 24.8. The van der Waals surface area contributed by atoms with Crippen LogP contribution in [0.15, 0.2) is 97.9 Å². The van der Waals surface area contributed by atoms with Crippen LogP contribution in [0.1, 0.15) is 17.0 Å². The van der Waals surface area contributed by atoms with Gasteiger partial charge in [0, 0.05) is 44.9 Å². The Morgan fingerprint density at radius 1 is 1.00 bits per heavy atom. The number of rotatable bonds is 4. The van der Waals surface area contributed by atoms with Gasteiger partial charge in [-0.2, -0.15) is 9.78 Å². The van der Waals surface area contributed by atoms with Crippen LogP contribution in [0.25, 0.3) is 39.1 Å². The van der Waals surface area contributed by atoms with Gasteiger partial charge in [0.1, 0.15) is 5.58 Å². The molecule has 0 saturated heterocycles. The van der Waals surface area contributed by atoms with E-state index in [0.29, 0.717) is 28.1 Å². The summed E-state index contributed by atoms with van der Waals surface area (Å²) in [7, 11) is 0. The second-order valence-corrected chi connectivity index (χ2v) is 9.39. The van der Waals surface area contributed by atoms with Crippen LogP contribution in [0.3, 0.4) is 0 Å². The van der Waals surface area contributed by atoms with Gasteiger partial charge in [0.25, 0.3) is 5.56 Å². The van der Waals surface area contributed by atoms with Gasteiger partial charge in [-0.1, -0.05) is 28.1 Å². The Kier molecular flexibility index (Phi) is 5.38. The summed E-state index contributed by atoms with van der Waals surface area (Å²) in [6, 6.07) is 20.8.